The van der Waals surface area contributed by atoms with Gasteiger partial charge in [-0.3, -0.25) is 14.9 Å². The molecule has 7 heteroatoms. The largest absolute Gasteiger partial charge is 0.393 e. The number of carbonyl (C=O) groups excluding carboxylic acids is 1. The Morgan fingerprint density at radius 3 is 2.60 bits per heavy atom. The molecule has 0 aromatic heterocycles. The molecule has 0 radical (unpaired) electrons. The van der Waals surface area contributed by atoms with Crippen LogP contribution < -0.4 is 5.73 Å². The van der Waals surface area contributed by atoms with Crippen LogP contribution in [0, 0.1) is 10.1 Å². The molecule has 0 atom stereocenters. The molecule has 7 nitrogen and oxygen atoms in total. The van der Waals surface area contributed by atoms with Gasteiger partial charge in [-0.05, 0) is 25.0 Å². The average Bonchev–Trinajstić information content (AvgIpc) is 2.46. The molecule has 20 heavy (non-hydrogen) atoms. The number of amides is 1. The van der Waals surface area contributed by atoms with Crippen molar-refractivity contribution < 1.29 is 14.5 Å². The van der Waals surface area contributed by atoms with Crippen LogP contribution in [0.5, 0.6) is 0 Å². The third kappa shape index (κ3) is 2.88. The van der Waals surface area contributed by atoms with Crippen LogP contribution in [0.4, 0.5) is 11.4 Å². The molecule has 0 spiro atoms. The van der Waals surface area contributed by atoms with E-state index in [9.17, 15) is 14.9 Å². The van der Waals surface area contributed by atoms with E-state index in [1.807, 2.05) is 0 Å². The van der Waals surface area contributed by atoms with Crippen LogP contribution in [0.2, 0.25) is 0 Å². The SMILES string of the molecule is COC1CCN(C(=O)c2ccc([N+](=O)[O-])c(N)c2)CC1. The number of hydrogen-bond acceptors (Lipinski definition) is 5. The standard InChI is InChI=1S/C13H17N3O4/c1-20-10-4-6-15(7-5-10)13(17)9-2-3-12(16(18)19)11(14)8-9/h2-3,8,10H,4-7,14H2,1H3. The normalized spacial score (nSPS) is 16.1. The summed E-state index contributed by atoms with van der Waals surface area (Å²) in [7, 11) is 1.67. The fourth-order valence-corrected chi connectivity index (χ4v) is 2.33. The Labute approximate surface area is 116 Å². The number of nitrogen functional groups attached to an aromatic ring is 1. The summed E-state index contributed by atoms with van der Waals surface area (Å²) in [5.41, 5.74) is 5.81. The first-order chi connectivity index (χ1) is 9.52. The first-order valence-electron chi connectivity index (χ1n) is 6.39. The number of nitro benzene ring substituents is 1. The van der Waals surface area contributed by atoms with Gasteiger partial charge in [0, 0.05) is 31.8 Å². The molecule has 1 heterocycles. The highest BCUT2D eigenvalue weighted by Gasteiger charge is 2.24. The van der Waals surface area contributed by atoms with Crippen LogP contribution >= 0.6 is 0 Å². The quantitative estimate of drug-likeness (QED) is 0.512. The summed E-state index contributed by atoms with van der Waals surface area (Å²) >= 11 is 0. The molecule has 1 amide bonds. The van der Waals surface area contributed by atoms with Crippen molar-refractivity contribution in [3.05, 3.63) is 33.9 Å². The van der Waals surface area contributed by atoms with Gasteiger partial charge in [0.15, 0.2) is 0 Å². The predicted octanol–water partition coefficient (Wildman–Crippen LogP) is 1.43. The van der Waals surface area contributed by atoms with Crippen LogP contribution in [0.25, 0.3) is 0 Å². The Balaban J connectivity index is 2.10. The first kappa shape index (κ1) is 14.3. The van der Waals surface area contributed by atoms with Gasteiger partial charge in [-0.25, -0.2) is 0 Å². The number of rotatable bonds is 3. The fourth-order valence-electron chi connectivity index (χ4n) is 2.33. The van der Waals surface area contributed by atoms with Crippen molar-refractivity contribution in [1.82, 2.24) is 4.90 Å². The predicted molar refractivity (Wildman–Crippen MR) is 73.4 cm³/mol. The third-order valence-corrected chi connectivity index (χ3v) is 3.53. The molecule has 0 unspecified atom stereocenters. The Morgan fingerprint density at radius 1 is 1.45 bits per heavy atom. The zero-order valence-electron chi connectivity index (χ0n) is 11.2. The van der Waals surface area contributed by atoms with Gasteiger partial charge in [0.1, 0.15) is 5.69 Å². The highest BCUT2D eigenvalue weighted by molar-refractivity contribution is 5.95. The van der Waals surface area contributed by atoms with E-state index in [1.54, 1.807) is 12.0 Å². The summed E-state index contributed by atoms with van der Waals surface area (Å²) in [6.45, 7) is 1.24. The maximum Gasteiger partial charge on any atom is 0.292 e. The first-order valence-corrected chi connectivity index (χ1v) is 6.39. The van der Waals surface area contributed by atoms with Gasteiger partial charge >= 0.3 is 0 Å². The molecule has 1 aliphatic heterocycles. The van der Waals surface area contributed by atoms with Gasteiger partial charge in [0.25, 0.3) is 11.6 Å². The van der Waals surface area contributed by atoms with E-state index < -0.39 is 4.92 Å². The van der Waals surface area contributed by atoms with Crippen molar-refractivity contribution in [2.24, 2.45) is 0 Å². The number of nitro groups is 1. The molecule has 0 bridgehead atoms. The minimum Gasteiger partial charge on any atom is -0.393 e. The molecular formula is C13H17N3O4. The Bertz CT molecular complexity index is 524. The second kappa shape index (κ2) is 5.87. The minimum atomic E-state index is -0.562. The molecule has 1 fully saturated rings. The summed E-state index contributed by atoms with van der Waals surface area (Å²) < 4.78 is 5.25. The molecule has 2 rings (SSSR count). The molecule has 1 aromatic rings. The third-order valence-electron chi connectivity index (χ3n) is 3.53. The number of likely N-dealkylation sites (tertiary alicyclic amines) is 1. The molecule has 0 aliphatic carbocycles. The van der Waals surface area contributed by atoms with E-state index in [2.05, 4.69) is 0 Å². The lowest BCUT2D eigenvalue weighted by molar-refractivity contribution is -0.383. The van der Waals surface area contributed by atoms with E-state index in [1.165, 1.54) is 18.2 Å². The van der Waals surface area contributed by atoms with E-state index in [-0.39, 0.29) is 23.4 Å². The van der Waals surface area contributed by atoms with E-state index in [0.29, 0.717) is 18.7 Å². The number of nitrogens with zero attached hydrogens (tertiary/aromatic N) is 2. The number of ether oxygens (including phenoxy) is 1. The Morgan fingerprint density at radius 2 is 2.10 bits per heavy atom. The number of piperidine rings is 1. The molecule has 108 valence electrons. The van der Waals surface area contributed by atoms with Crippen LogP contribution in [0.3, 0.4) is 0 Å². The monoisotopic (exact) mass is 279 g/mol. The summed E-state index contributed by atoms with van der Waals surface area (Å²) in [5, 5.41) is 10.7. The van der Waals surface area contributed by atoms with Gasteiger partial charge in [-0.15, -0.1) is 0 Å². The topological polar surface area (TPSA) is 98.7 Å². The number of methoxy groups -OCH3 is 1. The van der Waals surface area contributed by atoms with Crippen molar-refractivity contribution in [2.75, 3.05) is 25.9 Å². The smallest absolute Gasteiger partial charge is 0.292 e. The number of benzene rings is 1. The highest BCUT2D eigenvalue weighted by atomic mass is 16.6. The summed E-state index contributed by atoms with van der Waals surface area (Å²) in [4.78, 5) is 24.1. The maximum atomic E-state index is 12.3. The van der Waals surface area contributed by atoms with Crippen LogP contribution in [-0.2, 0) is 4.74 Å². The van der Waals surface area contributed by atoms with E-state index in [4.69, 9.17) is 10.5 Å². The zero-order valence-corrected chi connectivity index (χ0v) is 11.2. The van der Waals surface area contributed by atoms with E-state index >= 15 is 0 Å². The fraction of sp³-hybridized carbons (Fsp3) is 0.462. The number of nitrogens with two attached hydrogens (primary N) is 1. The van der Waals surface area contributed by atoms with Crippen molar-refractivity contribution in [1.29, 1.82) is 0 Å². The van der Waals surface area contributed by atoms with Gasteiger partial charge < -0.3 is 15.4 Å². The molecule has 1 aliphatic rings. The van der Waals surface area contributed by atoms with Crippen LogP contribution in [0.15, 0.2) is 18.2 Å². The zero-order chi connectivity index (χ0) is 14.7. The summed E-state index contributed by atoms with van der Waals surface area (Å²) in [6, 6.07) is 4.08. The number of anilines is 1. The Hall–Kier alpha value is -2.15. The lowest BCUT2D eigenvalue weighted by Crippen LogP contribution is -2.40. The van der Waals surface area contributed by atoms with Crippen molar-refractivity contribution in [3.63, 3.8) is 0 Å². The molecule has 1 saturated heterocycles. The average molecular weight is 279 g/mol. The van der Waals surface area contributed by atoms with Crippen molar-refractivity contribution in [3.8, 4) is 0 Å². The second-order valence-electron chi connectivity index (χ2n) is 4.76. The Kier molecular flexibility index (Phi) is 4.19. The van der Waals surface area contributed by atoms with Crippen LogP contribution in [-0.4, -0.2) is 42.0 Å². The lowest BCUT2D eigenvalue weighted by atomic mass is 10.1. The van der Waals surface area contributed by atoms with E-state index in [0.717, 1.165) is 12.8 Å². The molecule has 1 aromatic carbocycles. The van der Waals surface area contributed by atoms with Gasteiger partial charge in [0.2, 0.25) is 0 Å². The second-order valence-corrected chi connectivity index (χ2v) is 4.76. The van der Waals surface area contributed by atoms with Gasteiger partial charge in [-0.2, -0.15) is 0 Å². The molecular weight excluding hydrogens is 262 g/mol. The van der Waals surface area contributed by atoms with Crippen molar-refractivity contribution >= 4 is 17.3 Å². The maximum absolute atomic E-state index is 12.3. The summed E-state index contributed by atoms with van der Waals surface area (Å²) in [6.07, 6.45) is 1.79. The minimum absolute atomic E-state index is 0.00706. The molecule has 0 saturated carbocycles. The summed E-state index contributed by atoms with van der Waals surface area (Å²) in [5.74, 6) is -0.152. The van der Waals surface area contributed by atoms with Gasteiger partial charge in [-0.1, -0.05) is 0 Å². The molecule has 2 N–H and O–H groups in total. The van der Waals surface area contributed by atoms with Crippen LogP contribution in [0.1, 0.15) is 23.2 Å². The number of carbonyl (C=O) groups is 1. The van der Waals surface area contributed by atoms with Gasteiger partial charge in [0.05, 0.1) is 11.0 Å². The van der Waals surface area contributed by atoms with Crippen molar-refractivity contribution in [2.45, 2.75) is 18.9 Å². The number of hydrogen-bond donors (Lipinski definition) is 1. The highest BCUT2D eigenvalue weighted by Crippen LogP contribution is 2.23. The lowest BCUT2D eigenvalue weighted by Gasteiger charge is -2.31.